The van der Waals surface area contributed by atoms with Gasteiger partial charge in [-0.25, -0.2) is 0 Å². The predicted molar refractivity (Wildman–Crippen MR) is 419 cm³/mol. The normalized spacial score (nSPS) is 34.9. The molecule has 1 aromatic rings. The van der Waals surface area contributed by atoms with Crippen LogP contribution in [0, 0.1) is 146 Å². The molecule has 0 radical (unpaired) electrons. The Bertz CT molecular complexity index is 2100. The highest BCUT2D eigenvalue weighted by atomic mass is 16.2. The average molecular weight is 1330 g/mol. The summed E-state index contributed by atoms with van der Waals surface area (Å²) in [5.41, 5.74) is 3.66. The summed E-state index contributed by atoms with van der Waals surface area (Å²) in [6.45, 7) is 58.4. The van der Waals surface area contributed by atoms with Gasteiger partial charge in [-0.2, -0.15) is 5.10 Å². The maximum Gasteiger partial charge on any atom is 0.222 e. The average Bonchev–Trinajstić information content (AvgIpc) is 1.71. The number of hydrogen-bond acceptors (Lipinski definition) is 3. The lowest BCUT2D eigenvalue weighted by Crippen LogP contribution is -2.48. The molecular weight excluding hydrogens is 1160 g/mol. The first-order chi connectivity index (χ1) is 45.2. The van der Waals surface area contributed by atoms with Crippen LogP contribution in [0.2, 0.25) is 0 Å². The monoisotopic (exact) mass is 1330 g/mol. The van der Waals surface area contributed by atoms with Crippen LogP contribution in [-0.4, -0.2) is 40.0 Å². The zero-order valence-corrected chi connectivity index (χ0v) is 69.5. The highest BCUT2D eigenvalue weighted by Gasteiger charge is 2.54. The van der Waals surface area contributed by atoms with E-state index in [9.17, 15) is 9.59 Å². The van der Waals surface area contributed by atoms with Crippen LogP contribution in [0.15, 0.2) is 12.3 Å². The second-order valence-corrected chi connectivity index (χ2v) is 36.0. The summed E-state index contributed by atoms with van der Waals surface area (Å²) in [6, 6.07) is 2.05. The molecule has 1 saturated heterocycles. The fourth-order valence-electron chi connectivity index (χ4n) is 22.7. The molecule has 558 valence electrons. The summed E-state index contributed by atoms with van der Waals surface area (Å²) in [5, 5.41) is 4.23. The number of ketones is 1. The second-order valence-electron chi connectivity index (χ2n) is 36.0. The number of carbonyl (C=O) groups excluding carboxylic acids is 2. The first-order valence-corrected chi connectivity index (χ1v) is 43.0. The van der Waals surface area contributed by atoms with E-state index in [2.05, 4.69) is 116 Å². The third kappa shape index (κ3) is 24.8. The van der Waals surface area contributed by atoms with Gasteiger partial charge in [0.25, 0.3) is 0 Å². The van der Waals surface area contributed by atoms with Crippen molar-refractivity contribution in [3.8, 4) is 0 Å². The van der Waals surface area contributed by atoms with Gasteiger partial charge in [-0.05, 0) is 306 Å². The van der Waals surface area contributed by atoms with Gasteiger partial charge in [0, 0.05) is 46.1 Å². The van der Waals surface area contributed by atoms with Crippen molar-refractivity contribution in [3.05, 3.63) is 18.0 Å². The van der Waals surface area contributed by atoms with Crippen molar-refractivity contribution in [2.45, 2.75) is 379 Å². The molecule has 1 spiro atoms. The van der Waals surface area contributed by atoms with Gasteiger partial charge in [-0.15, -0.1) is 0 Å². The first kappa shape index (κ1) is 87.6. The summed E-state index contributed by atoms with van der Waals surface area (Å²) in [4.78, 5) is 24.1. The Morgan fingerprint density at radius 3 is 1.11 bits per heavy atom. The van der Waals surface area contributed by atoms with E-state index in [1.165, 1.54) is 57.8 Å². The van der Waals surface area contributed by atoms with E-state index in [4.69, 9.17) is 0 Å². The van der Waals surface area contributed by atoms with Gasteiger partial charge < -0.3 is 4.90 Å². The molecule has 8 unspecified atom stereocenters. The molecule has 95 heavy (non-hydrogen) atoms. The van der Waals surface area contributed by atoms with E-state index in [0.717, 1.165) is 166 Å². The number of rotatable bonds is 8. The lowest BCUT2D eigenvalue weighted by atomic mass is 9.47. The Balaban J connectivity index is 0.000000278. The molecule has 15 fully saturated rings. The van der Waals surface area contributed by atoms with E-state index in [0.29, 0.717) is 29.4 Å². The van der Waals surface area contributed by atoms with Crippen molar-refractivity contribution in [1.82, 2.24) is 14.7 Å². The SMILES string of the molecule is CC.CC.CC.CC.CC.CC(C)C12CC3CC(CC(C3)C1)C2.CC(C)C12CCC(CC1)C2.CC(C)C1C2CCC1CC(=O)C2.CC(C)C1C2CCCC1CC2.CC(C)C1CC(=O)N(C)C1.CC(C)C1CC2CCC2C1.CC(C)C1CCCC12CC2.CC(C)c1ccn(C)n1. The molecule has 1 aliphatic heterocycles. The molecule has 2 heterocycles. The van der Waals surface area contributed by atoms with Crippen LogP contribution < -0.4 is 0 Å². The van der Waals surface area contributed by atoms with Crippen molar-refractivity contribution in [1.29, 1.82) is 0 Å². The largest absolute Gasteiger partial charge is 0.345 e. The smallest absolute Gasteiger partial charge is 0.222 e. The molecular formula is C90H171N3O2. The van der Waals surface area contributed by atoms with E-state index < -0.39 is 0 Å². The lowest BCUT2D eigenvalue weighted by Gasteiger charge is -2.58. The van der Waals surface area contributed by atoms with Crippen LogP contribution in [0.4, 0.5) is 0 Å². The molecule has 0 N–H and O–H groups in total. The molecule has 14 aliphatic carbocycles. The highest BCUT2D eigenvalue weighted by molar-refractivity contribution is 5.80. The van der Waals surface area contributed by atoms with Crippen LogP contribution >= 0.6 is 0 Å². The highest BCUT2D eigenvalue weighted by Crippen LogP contribution is 2.64. The number of hydrogen-bond donors (Lipinski definition) is 0. The summed E-state index contributed by atoms with van der Waals surface area (Å²) in [7, 11) is 3.82. The minimum Gasteiger partial charge on any atom is -0.345 e. The summed E-state index contributed by atoms with van der Waals surface area (Å²) < 4.78 is 1.83. The van der Waals surface area contributed by atoms with E-state index >= 15 is 0 Å². The molecule has 1 aromatic heterocycles. The molecule has 14 saturated carbocycles. The zero-order chi connectivity index (χ0) is 71.7. The van der Waals surface area contributed by atoms with Crippen molar-refractivity contribution >= 4 is 11.7 Å². The summed E-state index contributed by atoms with van der Waals surface area (Å²) in [6.07, 6.45) is 46.0. The van der Waals surface area contributed by atoms with Crippen LogP contribution in [0.5, 0.6) is 0 Å². The van der Waals surface area contributed by atoms with Gasteiger partial charge in [0.05, 0.1) is 5.69 Å². The number of amides is 1. The molecule has 16 rings (SSSR count). The minimum atomic E-state index is 0.304. The van der Waals surface area contributed by atoms with Gasteiger partial charge in [-0.3, -0.25) is 14.3 Å². The van der Waals surface area contributed by atoms with E-state index in [-0.39, 0.29) is 0 Å². The van der Waals surface area contributed by atoms with Gasteiger partial charge in [-0.1, -0.05) is 206 Å². The second kappa shape index (κ2) is 42.7. The van der Waals surface area contributed by atoms with Crippen LogP contribution in [0.25, 0.3) is 0 Å². The standard InChI is InChI=1S/C13H22.C11H18O.C11H20.3C10H18.C8H15NO.C7H12N2.5C2H6/c1-9(2)13-6-10-3-11(7-13)5-12(4-10)8-13;1-7(2)11-8-3-4-9(11)6-10(12)5-8;1-8(2)11-9-4-3-5-10(11)7-6-9;1-8(2)10-5-3-9(7-10)4-6-10;1-7(2)10-5-8-3-4-9(8)6-10;1-8(2)9-4-3-5-10(9)6-7-10;1-6(2)7-4-8(10)9(3)5-7;1-6(2)7-4-5-9(3)8-7;5*1-2/h9-12H,3-8H2,1-2H3;7-9,11H,3-6H2,1-2H3;8-11H,3-7H2,1-2H3;8-9H,3-7H2,1-2H3;7-10H,3-6H2,1-2H3;8-9H,3-7H2,1-2H3;6-7H,4-5H2,1-3H3;4-6H,1-3H3;5*1-2H3. The summed E-state index contributed by atoms with van der Waals surface area (Å²) >= 11 is 0. The Morgan fingerprint density at radius 2 is 0.832 bits per heavy atom. The van der Waals surface area contributed by atoms with Gasteiger partial charge >= 0.3 is 0 Å². The summed E-state index contributed by atoms with van der Waals surface area (Å²) in [5.74, 6) is 22.9. The van der Waals surface area contributed by atoms with Crippen molar-refractivity contribution in [2.24, 2.45) is 153 Å². The van der Waals surface area contributed by atoms with Crippen molar-refractivity contribution in [3.63, 3.8) is 0 Å². The Morgan fingerprint density at radius 1 is 0.411 bits per heavy atom. The first-order valence-electron chi connectivity index (χ1n) is 43.0. The maximum atomic E-state index is 11.3. The van der Waals surface area contributed by atoms with Crippen molar-refractivity contribution in [2.75, 3.05) is 13.6 Å². The van der Waals surface area contributed by atoms with Crippen LogP contribution in [0.1, 0.15) is 384 Å². The number of aromatic nitrogens is 2. The minimum absolute atomic E-state index is 0.304. The van der Waals surface area contributed by atoms with E-state index in [1.807, 2.05) is 105 Å². The topological polar surface area (TPSA) is 55.2 Å². The molecule has 10 bridgehead atoms. The Labute approximate surface area is 596 Å². The number of fused-ring (bicyclic) bond motifs is 7. The fraction of sp³-hybridized carbons (Fsp3) is 0.944. The molecule has 8 atom stereocenters. The number of aryl methyl sites for hydroxylation is 1. The Kier molecular flexibility index (Phi) is 39.4. The lowest BCUT2D eigenvalue weighted by molar-refractivity contribution is -0.126. The quantitative estimate of drug-likeness (QED) is 0.261. The third-order valence-corrected chi connectivity index (χ3v) is 28.0. The van der Waals surface area contributed by atoms with Crippen molar-refractivity contribution < 1.29 is 9.59 Å². The van der Waals surface area contributed by atoms with Crippen LogP contribution in [-0.2, 0) is 16.6 Å². The van der Waals surface area contributed by atoms with E-state index in [1.54, 1.807) is 116 Å². The molecule has 0 aromatic carbocycles. The number of nitrogens with zero attached hydrogens (tertiary/aromatic N) is 3. The number of Topliss-reactive ketones (excluding diaryl/α,β-unsaturated/α-hetero) is 1. The maximum absolute atomic E-state index is 11.3. The fourth-order valence-corrected chi connectivity index (χ4v) is 22.7. The third-order valence-electron chi connectivity index (χ3n) is 28.0. The molecule has 5 nitrogen and oxygen atoms in total. The Hall–Kier alpha value is -1.65. The molecule has 15 aliphatic rings. The predicted octanol–water partition coefficient (Wildman–Crippen LogP) is 27.3. The molecule has 1 amide bonds. The zero-order valence-electron chi connectivity index (χ0n) is 69.5. The van der Waals surface area contributed by atoms with Gasteiger partial charge in [0.1, 0.15) is 5.78 Å². The molecule has 5 heteroatoms. The van der Waals surface area contributed by atoms with Gasteiger partial charge in [0.15, 0.2) is 0 Å². The number of carbonyl (C=O) groups is 2. The van der Waals surface area contributed by atoms with Crippen LogP contribution in [0.3, 0.4) is 0 Å². The van der Waals surface area contributed by atoms with Gasteiger partial charge in [0.2, 0.25) is 5.91 Å². The number of likely N-dealkylation sites (tertiary alicyclic amines) is 1.